The Balaban J connectivity index is 1.70. The third kappa shape index (κ3) is 2.54. The molecule has 0 amide bonds. The molecule has 2 fully saturated rings. The van der Waals surface area contributed by atoms with Gasteiger partial charge in [-0.3, -0.25) is 4.90 Å². The molecule has 0 aromatic heterocycles. The Morgan fingerprint density at radius 3 is 2.67 bits per heavy atom. The maximum Gasteiger partial charge on any atom is 0.0586 e. The molecular weight excluding hydrogens is 186 g/mol. The number of likely N-dealkylation sites (tertiary alicyclic amines) is 1. The molecule has 88 valence electrons. The van der Waals surface area contributed by atoms with Crippen molar-refractivity contribution in [1.29, 1.82) is 0 Å². The van der Waals surface area contributed by atoms with Gasteiger partial charge >= 0.3 is 0 Å². The molecule has 1 aliphatic heterocycles. The number of rotatable bonds is 4. The number of nitrogens with zero attached hydrogens (tertiary/aromatic N) is 1. The average molecular weight is 211 g/mol. The van der Waals surface area contributed by atoms with Gasteiger partial charge in [0, 0.05) is 12.6 Å². The molecule has 2 aliphatic rings. The lowest BCUT2D eigenvalue weighted by molar-refractivity contribution is 0.0743. The van der Waals surface area contributed by atoms with Gasteiger partial charge in [-0.1, -0.05) is 13.8 Å². The Bertz CT molecular complexity index is 199. The topological polar surface area (TPSA) is 23.5 Å². The lowest BCUT2D eigenvalue weighted by Gasteiger charge is -2.41. The molecule has 1 saturated heterocycles. The third-order valence-electron chi connectivity index (χ3n) is 4.42. The molecule has 0 bridgehead atoms. The van der Waals surface area contributed by atoms with Crippen molar-refractivity contribution in [3.63, 3.8) is 0 Å². The maximum absolute atomic E-state index is 9.24. The van der Waals surface area contributed by atoms with Crippen LogP contribution < -0.4 is 0 Å². The second kappa shape index (κ2) is 4.84. The molecule has 1 heterocycles. The van der Waals surface area contributed by atoms with Crippen LogP contribution in [0.5, 0.6) is 0 Å². The monoisotopic (exact) mass is 211 g/mol. The van der Waals surface area contributed by atoms with E-state index in [2.05, 4.69) is 18.7 Å². The van der Waals surface area contributed by atoms with Crippen LogP contribution in [-0.4, -0.2) is 35.7 Å². The van der Waals surface area contributed by atoms with Gasteiger partial charge < -0.3 is 5.11 Å². The minimum Gasteiger partial charge on any atom is -0.395 e. The van der Waals surface area contributed by atoms with E-state index in [0.29, 0.717) is 12.6 Å². The molecule has 15 heavy (non-hydrogen) atoms. The zero-order valence-electron chi connectivity index (χ0n) is 10.2. The van der Waals surface area contributed by atoms with Gasteiger partial charge in [-0.15, -0.1) is 0 Å². The first-order chi connectivity index (χ1) is 7.20. The Labute approximate surface area is 93.7 Å². The van der Waals surface area contributed by atoms with Crippen molar-refractivity contribution < 1.29 is 5.11 Å². The summed E-state index contributed by atoms with van der Waals surface area (Å²) in [6.45, 7) is 7.50. The summed E-state index contributed by atoms with van der Waals surface area (Å²) in [5, 5.41) is 9.24. The first-order valence-corrected chi connectivity index (χ1v) is 6.55. The van der Waals surface area contributed by atoms with Crippen LogP contribution in [0, 0.1) is 17.8 Å². The van der Waals surface area contributed by atoms with Crippen LogP contribution in [0.1, 0.15) is 39.5 Å². The van der Waals surface area contributed by atoms with Crippen LogP contribution in [0.2, 0.25) is 0 Å². The Morgan fingerprint density at radius 1 is 1.33 bits per heavy atom. The van der Waals surface area contributed by atoms with Gasteiger partial charge in [0.05, 0.1) is 6.61 Å². The van der Waals surface area contributed by atoms with Crippen molar-refractivity contribution in [1.82, 2.24) is 4.90 Å². The summed E-state index contributed by atoms with van der Waals surface area (Å²) in [7, 11) is 0. The molecule has 0 radical (unpaired) electrons. The molecule has 1 saturated carbocycles. The summed E-state index contributed by atoms with van der Waals surface area (Å²) in [6, 6.07) is 0.475. The predicted molar refractivity (Wildman–Crippen MR) is 62.7 cm³/mol. The molecular formula is C13H25NO. The highest BCUT2D eigenvalue weighted by atomic mass is 16.3. The molecule has 1 atom stereocenters. The lowest BCUT2D eigenvalue weighted by Crippen LogP contribution is -2.41. The van der Waals surface area contributed by atoms with Crippen LogP contribution in [0.25, 0.3) is 0 Å². The molecule has 0 aromatic carbocycles. The highest BCUT2D eigenvalue weighted by Crippen LogP contribution is 2.39. The second-order valence-electron chi connectivity index (χ2n) is 5.82. The van der Waals surface area contributed by atoms with Crippen molar-refractivity contribution in [2.45, 2.75) is 45.6 Å². The van der Waals surface area contributed by atoms with E-state index in [1.165, 1.54) is 38.8 Å². The fourth-order valence-corrected chi connectivity index (χ4v) is 3.15. The Kier molecular flexibility index (Phi) is 3.68. The van der Waals surface area contributed by atoms with Gasteiger partial charge in [-0.2, -0.15) is 0 Å². The van der Waals surface area contributed by atoms with Crippen molar-refractivity contribution in [3.05, 3.63) is 0 Å². The summed E-state index contributed by atoms with van der Waals surface area (Å²) < 4.78 is 0. The van der Waals surface area contributed by atoms with Gasteiger partial charge in [0.25, 0.3) is 0 Å². The van der Waals surface area contributed by atoms with Crippen LogP contribution in [0.15, 0.2) is 0 Å². The van der Waals surface area contributed by atoms with Crippen molar-refractivity contribution in [2.24, 2.45) is 17.8 Å². The highest BCUT2D eigenvalue weighted by Gasteiger charge is 2.34. The Morgan fingerprint density at radius 2 is 2.07 bits per heavy atom. The van der Waals surface area contributed by atoms with E-state index in [1.54, 1.807) is 0 Å². The van der Waals surface area contributed by atoms with Gasteiger partial charge in [-0.05, 0) is 50.0 Å². The minimum absolute atomic E-state index is 0.361. The standard InChI is InChI=1S/C13H25NO/c1-10(2)12-6-11(7-12)8-14-5-3-4-13(14)9-15/h10-13,15H,3-9H2,1-2H3/t11-,12+,13-/m0/s1. The quantitative estimate of drug-likeness (QED) is 0.770. The summed E-state index contributed by atoms with van der Waals surface area (Å²) >= 11 is 0. The van der Waals surface area contributed by atoms with Crippen molar-refractivity contribution >= 4 is 0 Å². The zero-order chi connectivity index (χ0) is 10.8. The van der Waals surface area contributed by atoms with Gasteiger partial charge in [0.2, 0.25) is 0 Å². The van der Waals surface area contributed by atoms with E-state index in [4.69, 9.17) is 0 Å². The van der Waals surface area contributed by atoms with E-state index >= 15 is 0 Å². The number of hydrogen-bond acceptors (Lipinski definition) is 2. The van der Waals surface area contributed by atoms with Crippen molar-refractivity contribution in [3.8, 4) is 0 Å². The molecule has 2 heteroatoms. The van der Waals surface area contributed by atoms with Gasteiger partial charge in [0.15, 0.2) is 0 Å². The predicted octanol–water partition coefficient (Wildman–Crippen LogP) is 2.13. The second-order valence-corrected chi connectivity index (χ2v) is 5.82. The fourth-order valence-electron chi connectivity index (χ4n) is 3.15. The van der Waals surface area contributed by atoms with Crippen LogP contribution in [0.4, 0.5) is 0 Å². The largest absolute Gasteiger partial charge is 0.395 e. The SMILES string of the molecule is CC(C)[C@H]1C[C@@H](CN2CCC[C@H]2CO)C1. The fraction of sp³-hybridized carbons (Fsp3) is 1.00. The summed E-state index contributed by atoms with van der Waals surface area (Å²) in [4.78, 5) is 2.52. The van der Waals surface area contributed by atoms with Crippen LogP contribution >= 0.6 is 0 Å². The van der Waals surface area contributed by atoms with Crippen LogP contribution in [0.3, 0.4) is 0 Å². The van der Waals surface area contributed by atoms with E-state index in [9.17, 15) is 5.11 Å². The number of aliphatic hydroxyl groups is 1. The van der Waals surface area contributed by atoms with E-state index in [-0.39, 0.29) is 0 Å². The van der Waals surface area contributed by atoms with Gasteiger partial charge in [0.1, 0.15) is 0 Å². The van der Waals surface area contributed by atoms with E-state index in [1.807, 2.05) is 0 Å². The zero-order valence-corrected chi connectivity index (χ0v) is 10.2. The van der Waals surface area contributed by atoms with E-state index < -0.39 is 0 Å². The molecule has 1 N–H and O–H groups in total. The van der Waals surface area contributed by atoms with Crippen molar-refractivity contribution in [2.75, 3.05) is 19.7 Å². The minimum atomic E-state index is 0.361. The van der Waals surface area contributed by atoms with Crippen LogP contribution in [-0.2, 0) is 0 Å². The van der Waals surface area contributed by atoms with E-state index in [0.717, 1.165) is 17.8 Å². The smallest absolute Gasteiger partial charge is 0.0586 e. The molecule has 0 spiro atoms. The van der Waals surface area contributed by atoms with Gasteiger partial charge in [-0.25, -0.2) is 0 Å². The Hall–Kier alpha value is -0.0800. The summed E-state index contributed by atoms with van der Waals surface area (Å²) in [6.07, 6.45) is 5.33. The molecule has 2 nitrogen and oxygen atoms in total. The summed E-state index contributed by atoms with van der Waals surface area (Å²) in [5.74, 6) is 2.77. The first-order valence-electron chi connectivity index (χ1n) is 6.55. The highest BCUT2D eigenvalue weighted by molar-refractivity contribution is 4.87. The normalized spacial score (nSPS) is 37.2. The molecule has 1 aliphatic carbocycles. The molecule has 2 rings (SSSR count). The number of aliphatic hydroxyl groups excluding tert-OH is 1. The number of hydrogen-bond donors (Lipinski definition) is 1. The first kappa shape index (κ1) is 11.4. The summed E-state index contributed by atoms with van der Waals surface area (Å²) in [5.41, 5.74) is 0. The third-order valence-corrected chi connectivity index (χ3v) is 4.42. The average Bonchev–Trinajstić information content (AvgIpc) is 2.56. The maximum atomic E-state index is 9.24. The lowest BCUT2D eigenvalue weighted by atomic mass is 9.69. The molecule has 0 unspecified atom stereocenters. The molecule has 0 aromatic rings.